The highest BCUT2D eigenvalue weighted by atomic mass is 16.5. The molecule has 24 heavy (non-hydrogen) atoms. The van der Waals surface area contributed by atoms with Crippen molar-refractivity contribution in [3.8, 4) is 0 Å². The molecule has 0 aliphatic heterocycles. The lowest BCUT2D eigenvalue weighted by molar-refractivity contribution is -0.140. The van der Waals surface area contributed by atoms with Gasteiger partial charge in [0.1, 0.15) is 0 Å². The summed E-state index contributed by atoms with van der Waals surface area (Å²) in [6, 6.07) is 0. The molecule has 0 saturated heterocycles. The summed E-state index contributed by atoms with van der Waals surface area (Å²) in [5.74, 6) is -1.41. The van der Waals surface area contributed by atoms with Crippen LogP contribution in [0.2, 0.25) is 0 Å². The maximum Gasteiger partial charge on any atom is 0.331 e. The second-order valence-electron chi connectivity index (χ2n) is 4.78. The Bertz CT molecular complexity index is 408. The first-order chi connectivity index (χ1) is 11.5. The molecule has 8 heteroatoms. The molecule has 0 atom stereocenters. The number of esters is 2. The van der Waals surface area contributed by atoms with E-state index in [0.29, 0.717) is 38.8 Å². The van der Waals surface area contributed by atoms with Crippen molar-refractivity contribution in [1.82, 2.24) is 10.6 Å². The fourth-order valence-electron chi connectivity index (χ4n) is 1.43. The molecular formula is C16H26N2O6. The zero-order valence-corrected chi connectivity index (χ0v) is 14.3. The van der Waals surface area contributed by atoms with Gasteiger partial charge in [-0.2, -0.15) is 0 Å². The Morgan fingerprint density at radius 3 is 1.46 bits per heavy atom. The van der Waals surface area contributed by atoms with Crippen molar-refractivity contribution < 1.29 is 28.7 Å². The molecule has 0 radical (unpaired) electrons. The summed E-state index contributed by atoms with van der Waals surface area (Å²) < 4.78 is 9.71. The fraction of sp³-hybridized carbons (Fsp3) is 0.625. The van der Waals surface area contributed by atoms with E-state index in [-0.39, 0.29) is 25.0 Å². The van der Waals surface area contributed by atoms with Gasteiger partial charge in [0.15, 0.2) is 0 Å². The lowest BCUT2D eigenvalue weighted by atomic mass is 10.4. The third-order valence-electron chi connectivity index (χ3n) is 2.77. The summed E-state index contributed by atoms with van der Waals surface area (Å²) in [4.78, 5) is 44.6. The van der Waals surface area contributed by atoms with Crippen LogP contribution < -0.4 is 10.6 Å². The first kappa shape index (κ1) is 21.6. The van der Waals surface area contributed by atoms with Crippen LogP contribution in [0.1, 0.15) is 39.5 Å². The second-order valence-corrected chi connectivity index (χ2v) is 4.78. The monoisotopic (exact) mass is 342 g/mol. The molecule has 2 amide bonds. The summed E-state index contributed by atoms with van der Waals surface area (Å²) in [6.45, 7) is 4.67. The highest BCUT2D eigenvalue weighted by Crippen LogP contribution is 1.90. The van der Waals surface area contributed by atoms with Gasteiger partial charge in [0.2, 0.25) is 11.8 Å². The van der Waals surface area contributed by atoms with Crippen molar-refractivity contribution in [2.45, 2.75) is 39.5 Å². The Hall–Kier alpha value is -2.38. The van der Waals surface area contributed by atoms with Crippen molar-refractivity contribution in [3.63, 3.8) is 0 Å². The van der Waals surface area contributed by atoms with Gasteiger partial charge in [-0.1, -0.05) is 13.8 Å². The minimum Gasteiger partial charge on any atom is -0.462 e. The van der Waals surface area contributed by atoms with Crippen LogP contribution in [-0.2, 0) is 28.7 Å². The van der Waals surface area contributed by atoms with Crippen molar-refractivity contribution in [2.75, 3.05) is 26.3 Å². The number of nitrogens with one attached hydrogen (secondary N) is 2. The highest BCUT2D eigenvalue weighted by molar-refractivity contribution is 5.91. The fourth-order valence-corrected chi connectivity index (χ4v) is 1.43. The van der Waals surface area contributed by atoms with E-state index < -0.39 is 11.9 Å². The molecule has 0 aromatic rings. The van der Waals surface area contributed by atoms with Crippen LogP contribution in [0.25, 0.3) is 0 Å². The van der Waals surface area contributed by atoms with E-state index >= 15 is 0 Å². The normalized spacial score (nSPS) is 10.2. The van der Waals surface area contributed by atoms with E-state index in [1.165, 1.54) is 0 Å². The smallest absolute Gasteiger partial charge is 0.331 e. The van der Waals surface area contributed by atoms with E-state index in [1.54, 1.807) is 13.8 Å². The molecule has 0 saturated carbocycles. The molecule has 0 spiro atoms. The van der Waals surface area contributed by atoms with Crippen LogP contribution >= 0.6 is 0 Å². The summed E-state index contributed by atoms with van der Waals surface area (Å²) in [5.41, 5.74) is 0. The van der Waals surface area contributed by atoms with Crippen LogP contribution in [0.3, 0.4) is 0 Å². The van der Waals surface area contributed by atoms with Gasteiger partial charge in [0.25, 0.3) is 0 Å². The van der Waals surface area contributed by atoms with E-state index in [1.807, 2.05) is 0 Å². The van der Waals surface area contributed by atoms with E-state index in [4.69, 9.17) is 9.47 Å². The SMILES string of the molecule is CCC(=O)NCCCOC(=O)/C=C/C(=O)OCCCNC(=O)CC. The number of carbonyl (C=O) groups excluding carboxylic acids is 4. The van der Waals surface area contributed by atoms with Crippen molar-refractivity contribution in [3.05, 3.63) is 12.2 Å². The molecule has 0 bridgehead atoms. The molecule has 136 valence electrons. The van der Waals surface area contributed by atoms with E-state index in [9.17, 15) is 19.2 Å². The number of amides is 2. The molecule has 0 rings (SSSR count). The van der Waals surface area contributed by atoms with E-state index in [0.717, 1.165) is 12.2 Å². The number of carbonyl (C=O) groups is 4. The van der Waals surface area contributed by atoms with E-state index in [2.05, 4.69) is 10.6 Å². The topological polar surface area (TPSA) is 111 Å². The van der Waals surface area contributed by atoms with Gasteiger partial charge < -0.3 is 20.1 Å². The Labute approximate surface area is 141 Å². The predicted molar refractivity (Wildman–Crippen MR) is 86.9 cm³/mol. The van der Waals surface area contributed by atoms with Gasteiger partial charge in [-0.15, -0.1) is 0 Å². The van der Waals surface area contributed by atoms with Gasteiger partial charge in [-0.3, -0.25) is 9.59 Å². The molecule has 0 aliphatic rings. The summed E-state index contributed by atoms with van der Waals surface area (Å²) in [6.07, 6.45) is 3.81. The predicted octanol–water partition coefficient (Wildman–Crippen LogP) is 0.462. The summed E-state index contributed by atoms with van der Waals surface area (Å²) in [5, 5.41) is 5.30. The van der Waals surface area contributed by atoms with Crippen molar-refractivity contribution >= 4 is 23.8 Å². The first-order valence-corrected chi connectivity index (χ1v) is 8.04. The van der Waals surface area contributed by atoms with Gasteiger partial charge in [-0.25, -0.2) is 9.59 Å². The Balaban J connectivity index is 3.64. The highest BCUT2D eigenvalue weighted by Gasteiger charge is 2.02. The Kier molecular flexibility index (Phi) is 12.8. The zero-order chi connectivity index (χ0) is 18.2. The summed E-state index contributed by atoms with van der Waals surface area (Å²) >= 11 is 0. The second kappa shape index (κ2) is 14.2. The standard InChI is InChI=1S/C16H26N2O6/c1-3-13(19)17-9-5-11-23-15(21)7-8-16(22)24-12-6-10-18-14(20)4-2/h7-8H,3-6,9-12H2,1-2H3,(H,17,19)(H,18,20)/b8-7+. The average Bonchev–Trinajstić information content (AvgIpc) is 2.58. The van der Waals surface area contributed by atoms with Crippen molar-refractivity contribution in [1.29, 1.82) is 0 Å². The van der Waals surface area contributed by atoms with Crippen LogP contribution in [0, 0.1) is 0 Å². The molecule has 0 aromatic heterocycles. The quantitative estimate of drug-likeness (QED) is 0.303. The molecule has 0 aliphatic carbocycles. The minimum atomic E-state index is -0.649. The molecule has 8 nitrogen and oxygen atoms in total. The molecule has 0 fully saturated rings. The van der Waals surface area contributed by atoms with Gasteiger partial charge in [0.05, 0.1) is 13.2 Å². The number of rotatable bonds is 12. The van der Waals surface area contributed by atoms with Gasteiger partial charge >= 0.3 is 11.9 Å². The van der Waals surface area contributed by atoms with Crippen LogP contribution in [0.4, 0.5) is 0 Å². The molecule has 0 unspecified atom stereocenters. The Morgan fingerprint density at radius 2 is 1.12 bits per heavy atom. The molecular weight excluding hydrogens is 316 g/mol. The lowest BCUT2D eigenvalue weighted by Gasteiger charge is -2.04. The van der Waals surface area contributed by atoms with Crippen LogP contribution in [-0.4, -0.2) is 50.1 Å². The van der Waals surface area contributed by atoms with Crippen molar-refractivity contribution in [2.24, 2.45) is 0 Å². The maximum atomic E-state index is 11.3. The molecule has 0 heterocycles. The first-order valence-electron chi connectivity index (χ1n) is 8.04. The number of ether oxygens (including phenoxy) is 2. The van der Waals surface area contributed by atoms with Crippen LogP contribution in [0.15, 0.2) is 12.2 Å². The lowest BCUT2D eigenvalue weighted by Crippen LogP contribution is -2.24. The molecule has 0 aromatic carbocycles. The zero-order valence-electron chi connectivity index (χ0n) is 14.3. The number of hydrogen-bond acceptors (Lipinski definition) is 6. The minimum absolute atomic E-state index is 0.0572. The van der Waals surface area contributed by atoms with Gasteiger partial charge in [0, 0.05) is 38.1 Å². The third-order valence-corrected chi connectivity index (χ3v) is 2.77. The van der Waals surface area contributed by atoms with Crippen LogP contribution in [0.5, 0.6) is 0 Å². The average molecular weight is 342 g/mol. The Morgan fingerprint density at radius 1 is 0.750 bits per heavy atom. The number of hydrogen-bond donors (Lipinski definition) is 2. The van der Waals surface area contributed by atoms with Gasteiger partial charge in [-0.05, 0) is 12.8 Å². The maximum absolute atomic E-state index is 11.3. The largest absolute Gasteiger partial charge is 0.462 e. The summed E-state index contributed by atoms with van der Waals surface area (Å²) in [7, 11) is 0. The third kappa shape index (κ3) is 13.3. The molecule has 2 N–H and O–H groups in total.